The number of hydrogen-bond acceptors (Lipinski definition) is 7. The molecule has 0 aromatic carbocycles. The van der Waals surface area contributed by atoms with E-state index in [2.05, 4.69) is 16.5 Å². The Morgan fingerprint density at radius 1 is 1.19 bits per heavy atom. The van der Waals surface area contributed by atoms with Crippen LogP contribution >= 0.6 is 0 Å². The lowest BCUT2D eigenvalue weighted by atomic mass is 9.95. The average Bonchev–Trinajstić information content (AvgIpc) is 2.78. The summed E-state index contributed by atoms with van der Waals surface area (Å²) >= 11 is 0. The number of ketones is 1. The molecule has 0 spiro atoms. The number of Topliss-reactive ketones (excluding diaryl/α,β-unsaturated/α-hetero) is 1. The Balaban J connectivity index is 1.83. The molecule has 4 aliphatic rings. The normalized spacial score (nSPS) is 43.0. The molecule has 16 heavy (non-hydrogen) atoms. The Kier molecular flexibility index (Phi) is 1.57. The van der Waals surface area contributed by atoms with Crippen LogP contribution in [0.1, 0.15) is 19.3 Å². The highest BCUT2D eigenvalue weighted by Gasteiger charge is 2.62. The highest BCUT2D eigenvalue weighted by molar-refractivity contribution is 5.94. The molecule has 1 amide bonds. The van der Waals surface area contributed by atoms with Gasteiger partial charge in [0.25, 0.3) is 5.91 Å². The van der Waals surface area contributed by atoms with Crippen LogP contribution < -0.4 is 16.5 Å². The topological polar surface area (TPSA) is 79.9 Å². The molecule has 0 bridgehead atoms. The minimum Gasteiger partial charge on any atom is -0.294 e. The van der Waals surface area contributed by atoms with E-state index in [4.69, 9.17) is 0 Å². The first-order valence-electron chi connectivity index (χ1n) is 5.50. The van der Waals surface area contributed by atoms with Gasteiger partial charge in [0, 0.05) is 0 Å². The second kappa shape index (κ2) is 2.79. The summed E-state index contributed by atoms with van der Waals surface area (Å²) in [6, 6.07) is -0.325. The first kappa shape index (κ1) is 9.02. The van der Waals surface area contributed by atoms with E-state index in [1.807, 2.05) is 5.01 Å². The minimum atomic E-state index is -0.460. The van der Waals surface area contributed by atoms with E-state index in [0.717, 1.165) is 19.3 Å². The molecule has 4 aliphatic heterocycles. The molecule has 0 radical (unpaired) electrons. The third kappa shape index (κ3) is 0.837. The van der Waals surface area contributed by atoms with Gasteiger partial charge in [-0.15, -0.1) is 10.7 Å². The fourth-order valence-electron chi connectivity index (χ4n) is 3.06. The maximum Gasteiger partial charge on any atom is 0.272 e. The van der Waals surface area contributed by atoms with Crippen molar-refractivity contribution in [1.82, 2.24) is 31.7 Å². The van der Waals surface area contributed by atoms with Crippen molar-refractivity contribution < 1.29 is 9.59 Å². The van der Waals surface area contributed by atoms with Crippen LogP contribution in [0.5, 0.6) is 0 Å². The number of amides is 1. The summed E-state index contributed by atoms with van der Waals surface area (Å²) in [5.74, 6) is 0.146. The van der Waals surface area contributed by atoms with Gasteiger partial charge in [-0.25, -0.2) is 5.43 Å². The quantitative estimate of drug-likeness (QED) is 0.424. The monoisotopic (exact) mass is 224 g/mol. The van der Waals surface area contributed by atoms with Gasteiger partial charge in [0.2, 0.25) is 0 Å². The second-order valence-electron chi connectivity index (χ2n) is 4.50. The number of nitrogens with zero attached hydrogens (tertiary/aromatic N) is 3. The van der Waals surface area contributed by atoms with Crippen molar-refractivity contribution in [2.45, 2.75) is 37.5 Å². The van der Waals surface area contributed by atoms with Gasteiger partial charge in [0.15, 0.2) is 11.9 Å². The molecule has 8 nitrogen and oxygen atoms in total. The molecule has 0 aliphatic carbocycles. The van der Waals surface area contributed by atoms with E-state index in [9.17, 15) is 9.59 Å². The highest BCUT2D eigenvalue weighted by atomic mass is 16.2. The summed E-state index contributed by atoms with van der Waals surface area (Å²) in [4.78, 5) is 24.1. The van der Waals surface area contributed by atoms with Crippen LogP contribution in [0.2, 0.25) is 0 Å². The van der Waals surface area contributed by atoms with Crippen LogP contribution in [0.3, 0.4) is 0 Å². The van der Waals surface area contributed by atoms with Gasteiger partial charge in [-0.05, 0) is 19.3 Å². The molecule has 86 valence electrons. The minimum absolute atomic E-state index is 0.0104. The summed E-state index contributed by atoms with van der Waals surface area (Å²) in [6.07, 6.45) is 2.14. The van der Waals surface area contributed by atoms with Crippen molar-refractivity contribution in [3.8, 4) is 0 Å². The molecule has 0 aromatic heterocycles. The summed E-state index contributed by atoms with van der Waals surface area (Å²) in [5.41, 5.74) is 8.21. The molecule has 4 heterocycles. The maximum atomic E-state index is 12.1. The first-order valence-corrected chi connectivity index (χ1v) is 5.50. The Morgan fingerprint density at radius 3 is 2.88 bits per heavy atom. The summed E-state index contributed by atoms with van der Waals surface area (Å²) in [5, 5.41) is 5.02. The molecule has 4 fully saturated rings. The fourth-order valence-corrected chi connectivity index (χ4v) is 3.06. The Hall–Kier alpha value is -1.06. The van der Waals surface area contributed by atoms with E-state index in [0.29, 0.717) is 0 Å². The smallest absolute Gasteiger partial charge is 0.272 e. The van der Waals surface area contributed by atoms with Crippen molar-refractivity contribution in [2.75, 3.05) is 0 Å². The first-order chi connectivity index (χ1) is 7.79. The highest BCUT2D eigenvalue weighted by Crippen LogP contribution is 2.38. The fraction of sp³-hybridized carbons (Fsp3) is 0.750. The van der Waals surface area contributed by atoms with E-state index < -0.39 is 6.17 Å². The molecule has 0 saturated carbocycles. The van der Waals surface area contributed by atoms with Crippen LogP contribution in [0, 0.1) is 0 Å². The van der Waals surface area contributed by atoms with Gasteiger partial charge >= 0.3 is 0 Å². The van der Waals surface area contributed by atoms with Gasteiger partial charge in [-0.2, -0.15) is 15.7 Å². The number of hydrogen-bond donors (Lipinski definition) is 3. The molecule has 0 aromatic rings. The van der Waals surface area contributed by atoms with E-state index >= 15 is 0 Å². The molecule has 3 atom stereocenters. The van der Waals surface area contributed by atoms with Crippen LogP contribution in [0.15, 0.2) is 0 Å². The number of piperidine rings is 1. The zero-order valence-corrected chi connectivity index (χ0v) is 8.51. The number of carbonyl (C=O) groups is 2. The summed E-state index contributed by atoms with van der Waals surface area (Å²) in [6.45, 7) is 0. The van der Waals surface area contributed by atoms with Gasteiger partial charge in [-0.3, -0.25) is 9.59 Å². The van der Waals surface area contributed by atoms with Crippen LogP contribution in [-0.4, -0.2) is 45.2 Å². The predicted molar refractivity (Wildman–Crippen MR) is 50.2 cm³/mol. The Labute approximate surface area is 91.4 Å². The van der Waals surface area contributed by atoms with Crippen LogP contribution in [-0.2, 0) is 9.59 Å². The van der Waals surface area contributed by atoms with Gasteiger partial charge in [0.05, 0.1) is 6.04 Å². The van der Waals surface area contributed by atoms with Gasteiger partial charge < -0.3 is 0 Å². The summed E-state index contributed by atoms with van der Waals surface area (Å²) < 4.78 is 0. The summed E-state index contributed by atoms with van der Waals surface area (Å²) in [7, 11) is 0. The van der Waals surface area contributed by atoms with Gasteiger partial charge in [-0.1, -0.05) is 0 Å². The van der Waals surface area contributed by atoms with Crippen LogP contribution in [0.4, 0.5) is 0 Å². The number of rotatable bonds is 0. The van der Waals surface area contributed by atoms with Crippen molar-refractivity contribution in [3.05, 3.63) is 0 Å². The standard InChI is InChI=1S/C8H12N6O2/c15-6-4-2-1-3-5-8(16)13-11-10-9-7(6)14(13)12(4)5/h4-5,7,9-11H,1-3H2. The average molecular weight is 224 g/mol. The number of nitrogens with one attached hydrogen (secondary N) is 3. The SMILES string of the molecule is O=C1C2CCCC3C(=O)N4NNNC1N4N23. The largest absolute Gasteiger partial charge is 0.294 e. The molecule has 8 heteroatoms. The molecular formula is C8H12N6O2. The third-order valence-corrected chi connectivity index (χ3v) is 3.73. The van der Waals surface area contributed by atoms with E-state index in [1.165, 1.54) is 5.12 Å². The Bertz CT molecular complexity index is 323. The zero-order valence-electron chi connectivity index (χ0n) is 8.51. The molecule has 3 unspecified atom stereocenters. The van der Waals surface area contributed by atoms with E-state index in [-0.39, 0.29) is 23.8 Å². The maximum absolute atomic E-state index is 12.1. The lowest BCUT2D eigenvalue weighted by Gasteiger charge is -2.37. The molecule has 4 saturated heterocycles. The second-order valence-corrected chi connectivity index (χ2v) is 4.50. The van der Waals surface area contributed by atoms with Crippen LogP contribution in [0.25, 0.3) is 0 Å². The molecular weight excluding hydrogens is 212 g/mol. The van der Waals surface area contributed by atoms with Crippen molar-refractivity contribution in [3.63, 3.8) is 0 Å². The molecule has 3 N–H and O–H groups in total. The third-order valence-electron chi connectivity index (χ3n) is 3.73. The predicted octanol–water partition coefficient (Wildman–Crippen LogP) is -2.38. The molecule has 4 rings (SSSR count). The van der Waals surface area contributed by atoms with Crippen molar-refractivity contribution in [1.29, 1.82) is 0 Å². The number of hydrazine groups is 5. The lowest BCUT2D eigenvalue weighted by Crippen LogP contribution is -2.71. The van der Waals surface area contributed by atoms with Crippen molar-refractivity contribution >= 4 is 11.7 Å². The van der Waals surface area contributed by atoms with Gasteiger partial charge in [0.1, 0.15) is 6.04 Å². The lowest BCUT2D eigenvalue weighted by molar-refractivity contribution is -0.209. The zero-order chi connectivity index (χ0) is 10.9. The Morgan fingerprint density at radius 2 is 2.00 bits per heavy atom. The number of carbonyl (C=O) groups excluding carboxylic acids is 2. The van der Waals surface area contributed by atoms with Crippen molar-refractivity contribution in [2.24, 2.45) is 0 Å². The van der Waals surface area contributed by atoms with E-state index in [1.54, 1.807) is 5.12 Å².